The van der Waals surface area contributed by atoms with Crippen molar-refractivity contribution in [3.63, 3.8) is 0 Å². The average molecular weight is 819 g/mol. The molecule has 1 amide bonds. The fraction of sp³-hybridized carbons (Fsp3) is 0.380. The molecule has 2 aliphatic carbocycles. The third-order valence-electron chi connectivity index (χ3n) is 11.9. The van der Waals surface area contributed by atoms with Crippen LogP contribution in [0.2, 0.25) is 0 Å². The zero-order valence-electron chi connectivity index (χ0n) is 35.4. The first-order valence-corrected chi connectivity index (χ1v) is 21.9. The second kappa shape index (κ2) is 20.9. The Hall–Kier alpha value is -6.07. The van der Waals surface area contributed by atoms with Crippen molar-refractivity contribution in [2.24, 2.45) is 17.6 Å². The molecule has 2 saturated carbocycles. The van der Waals surface area contributed by atoms with Gasteiger partial charge in [-0.2, -0.15) is 0 Å². The fourth-order valence-corrected chi connectivity index (χ4v) is 8.09. The number of hydrogen-bond donors (Lipinski definition) is 4. The first kappa shape index (κ1) is 43.0. The topological polar surface area (TPSA) is 165 Å². The standard InChI is InChI=1S/C28H33N3O2.C22H25N5O/c1-19(2)27(33)16-21-8-13-24(14-9-21)30-28-29-18-23-12-11-22(17-25(23)31-28)26(32)15-10-20-6-4-3-5-7-20;23-18-8-10-19(11-9-18)26-22-25-14-17-7-6-16(12-20(17)27-22)21(28)24-13-15-4-2-1-3-5-15/h3-7,11-12,17-19,21,24H,8-10,13-16H2,1-2H3,(H,29,30,31);1-7,12,14,18-19H,8-11,13,23H2,(H,24,28)(H,25,26,27). The molecule has 2 aromatic heterocycles. The van der Waals surface area contributed by atoms with Gasteiger partial charge in [0.05, 0.1) is 11.0 Å². The molecule has 2 aliphatic rings. The Morgan fingerprint density at radius 2 is 1.18 bits per heavy atom. The van der Waals surface area contributed by atoms with E-state index >= 15 is 0 Å². The van der Waals surface area contributed by atoms with Crippen LogP contribution in [0.5, 0.6) is 0 Å². The van der Waals surface area contributed by atoms with Gasteiger partial charge in [-0.3, -0.25) is 14.4 Å². The molecule has 0 atom stereocenters. The first-order valence-electron chi connectivity index (χ1n) is 21.9. The second-order valence-corrected chi connectivity index (χ2v) is 17.0. The molecule has 0 saturated heterocycles. The zero-order valence-corrected chi connectivity index (χ0v) is 35.4. The number of anilines is 2. The van der Waals surface area contributed by atoms with Crippen molar-refractivity contribution in [3.8, 4) is 0 Å². The lowest BCUT2D eigenvalue weighted by atomic mass is 9.82. The molecule has 11 heteroatoms. The van der Waals surface area contributed by atoms with Crippen molar-refractivity contribution in [2.45, 2.75) is 109 Å². The van der Waals surface area contributed by atoms with Crippen LogP contribution in [0, 0.1) is 11.8 Å². The molecule has 0 unspecified atom stereocenters. The molecule has 2 heterocycles. The first-order chi connectivity index (χ1) is 29.6. The van der Waals surface area contributed by atoms with Crippen LogP contribution < -0.4 is 21.7 Å². The summed E-state index contributed by atoms with van der Waals surface area (Å²) in [5.74, 6) is 2.23. The number of nitrogens with one attached hydrogen (secondary N) is 3. The number of ketones is 2. The van der Waals surface area contributed by atoms with Crippen LogP contribution in [0.3, 0.4) is 0 Å². The molecular formula is C50H58N8O3. The lowest BCUT2D eigenvalue weighted by Gasteiger charge is -2.29. The summed E-state index contributed by atoms with van der Waals surface area (Å²) in [6.07, 6.45) is 13.8. The summed E-state index contributed by atoms with van der Waals surface area (Å²) >= 11 is 0. The minimum Gasteiger partial charge on any atom is -0.351 e. The van der Waals surface area contributed by atoms with E-state index < -0.39 is 0 Å². The molecule has 11 nitrogen and oxygen atoms in total. The van der Waals surface area contributed by atoms with Crippen LogP contribution in [0.1, 0.15) is 110 Å². The Balaban J connectivity index is 0.000000186. The third kappa shape index (κ3) is 12.5. The SMILES string of the molecule is CC(C)C(=O)CC1CCC(Nc2ncc3ccc(C(=O)CCc4ccccc4)cc3n2)CC1.NC1CCC(Nc2ncc3ccc(C(=O)NCc4ccccc4)cc3n2)CC1. The summed E-state index contributed by atoms with van der Waals surface area (Å²) in [5, 5.41) is 11.7. The van der Waals surface area contributed by atoms with Crippen molar-refractivity contribution in [2.75, 3.05) is 10.6 Å². The van der Waals surface area contributed by atoms with Crippen LogP contribution in [0.15, 0.2) is 109 Å². The number of nitrogens with two attached hydrogens (primary N) is 1. The van der Waals surface area contributed by atoms with Gasteiger partial charge in [0.15, 0.2) is 5.78 Å². The minimum absolute atomic E-state index is 0.111. The predicted molar refractivity (Wildman–Crippen MR) is 243 cm³/mol. The minimum atomic E-state index is -0.111. The number of rotatable bonds is 14. The van der Waals surface area contributed by atoms with Gasteiger partial charge in [0.2, 0.25) is 11.9 Å². The van der Waals surface area contributed by atoms with Gasteiger partial charge in [-0.1, -0.05) is 92.7 Å². The van der Waals surface area contributed by atoms with Gasteiger partial charge in [0.1, 0.15) is 5.78 Å². The molecule has 4 aromatic carbocycles. The molecule has 2 fully saturated rings. The maximum Gasteiger partial charge on any atom is 0.251 e. The Labute approximate surface area is 358 Å². The number of Topliss-reactive ketones (excluding diaryl/α,β-unsaturated/α-hetero) is 2. The molecule has 8 rings (SSSR count). The van der Waals surface area contributed by atoms with E-state index in [1.165, 1.54) is 5.56 Å². The predicted octanol–water partition coefficient (Wildman–Crippen LogP) is 9.27. The van der Waals surface area contributed by atoms with Gasteiger partial charge < -0.3 is 21.7 Å². The Bertz CT molecular complexity index is 2390. The van der Waals surface area contributed by atoms with Crippen molar-refractivity contribution >= 4 is 51.2 Å². The number of carbonyl (C=O) groups excluding carboxylic acids is 3. The van der Waals surface area contributed by atoms with Gasteiger partial charge in [0, 0.05) is 77.7 Å². The maximum atomic E-state index is 12.7. The Morgan fingerprint density at radius 3 is 1.75 bits per heavy atom. The number of fused-ring (bicyclic) bond motifs is 2. The molecule has 6 aromatic rings. The summed E-state index contributed by atoms with van der Waals surface area (Å²) in [7, 11) is 0. The summed E-state index contributed by atoms with van der Waals surface area (Å²) in [5.41, 5.74) is 11.0. The zero-order chi connectivity index (χ0) is 42.6. The highest BCUT2D eigenvalue weighted by atomic mass is 16.1. The molecule has 61 heavy (non-hydrogen) atoms. The van der Waals surface area contributed by atoms with Crippen LogP contribution in [0.25, 0.3) is 21.8 Å². The number of aryl methyl sites for hydroxylation is 1. The quantitative estimate of drug-likeness (QED) is 0.0779. The lowest BCUT2D eigenvalue weighted by molar-refractivity contribution is -0.123. The van der Waals surface area contributed by atoms with Crippen LogP contribution in [-0.2, 0) is 17.8 Å². The highest BCUT2D eigenvalue weighted by Gasteiger charge is 2.25. The van der Waals surface area contributed by atoms with Gasteiger partial charge in [0.25, 0.3) is 5.91 Å². The van der Waals surface area contributed by atoms with E-state index in [1.807, 2.05) is 105 Å². The van der Waals surface area contributed by atoms with Crippen molar-refractivity contribution < 1.29 is 14.4 Å². The Kier molecular flexibility index (Phi) is 14.8. The number of hydrogen-bond acceptors (Lipinski definition) is 10. The molecule has 0 aliphatic heterocycles. The van der Waals surface area contributed by atoms with E-state index in [9.17, 15) is 14.4 Å². The molecule has 0 spiro atoms. The molecule has 316 valence electrons. The number of amides is 1. The van der Waals surface area contributed by atoms with Gasteiger partial charge in [-0.25, -0.2) is 19.9 Å². The summed E-state index contributed by atoms with van der Waals surface area (Å²) in [4.78, 5) is 55.5. The number of carbonyl (C=O) groups is 3. The average Bonchev–Trinajstić information content (AvgIpc) is 3.29. The van der Waals surface area contributed by atoms with Gasteiger partial charge in [-0.15, -0.1) is 0 Å². The normalized spacial score (nSPS) is 18.8. The second-order valence-electron chi connectivity index (χ2n) is 17.0. The Morgan fingerprint density at radius 1 is 0.656 bits per heavy atom. The molecule has 0 bridgehead atoms. The molecule has 0 radical (unpaired) electrons. The monoisotopic (exact) mass is 818 g/mol. The number of aromatic nitrogens is 4. The largest absolute Gasteiger partial charge is 0.351 e. The van der Waals surface area contributed by atoms with E-state index in [0.29, 0.717) is 72.2 Å². The van der Waals surface area contributed by atoms with Crippen LogP contribution in [0.4, 0.5) is 11.9 Å². The van der Waals surface area contributed by atoms with Crippen molar-refractivity contribution in [1.82, 2.24) is 25.3 Å². The molecular weight excluding hydrogens is 761 g/mol. The molecule has 5 N–H and O–H groups in total. The highest BCUT2D eigenvalue weighted by molar-refractivity contribution is 5.99. The van der Waals surface area contributed by atoms with Crippen molar-refractivity contribution in [1.29, 1.82) is 0 Å². The summed E-state index contributed by atoms with van der Waals surface area (Å²) in [6, 6.07) is 32.1. The van der Waals surface area contributed by atoms with E-state index in [1.54, 1.807) is 6.20 Å². The van der Waals surface area contributed by atoms with Crippen molar-refractivity contribution in [3.05, 3.63) is 132 Å². The summed E-state index contributed by atoms with van der Waals surface area (Å²) in [6.45, 7) is 4.46. The van der Waals surface area contributed by atoms with Gasteiger partial charge in [-0.05, 0) is 93.0 Å². The van der Waals surface area contributed by atoms with E-state index in [0.717, 1.165) is 85.2 Å². The number of nitrogens with zero attached hydrogens (tertiary/aromatic N) is 4. The van der Waals surface area contributed by atoms with E-state index in [2.05, 4.69) is 43.0 Å². The van der Waals surface area contributed by atoms with Crippen LogP contribution in [-0.4, -0.2) is 55.5 Å². The van der Waals surface area contributed by atoms with E-state index in [-0.39, 0.29) is 17.6 Å². The van der Waals surface area contributed by atoms with E-state index in [4.69, 9.17) is 10.7 Å². The highest BCUT2D eigenvalue weighted by Crippen LogP contribution is 2.30. The third-order valence-corrected chi connectivity index (χ3v) is 11.9. The lowest BCUT2D eigenvalue weighted by Crippen LogP contribution is -2.33. The van der Waals surface area contributed by atoms with Gasteiger partial charge >= 0.3 is 0 Å². The number of benzene rings is 4. The fourth-order valence-electron chi connectivity index (χ4n) is 8.09. The van der Waals surface area contributed by atoms with Crippen LogP contribution >= 0.6 is 0 Å². The summed E-state index contributed by atoms with van der Waals surface area (Å²) < 4.78 is 0. The maximum absolute atomic E-state index is 12.7. The smallest absolute Gasteiger partial charge is 0.251 e.